The molecule has 0 unspecified atom stereocenters. The number of nitriles is 1. The van der Waals surface area contributed by atoms with Crippen LogP contribution in [0.2, 0.25) is 0 Å². The van der Waals surface area contributed by atoms with E-state index in [1.807, 2.05) is 6.07 Å². The van der Waals surface area contributed by atoms with Crippen molar-refractivity contribution in [3.8, 4) is 6.07 Å². The zero-order valence-electron chi connectivity index (χ0n) is 10.5. The highest BCUT2D eigenvalue weighted by molar-refractivity contribution is 9.10. The van der Waals surface area contributed by atoms with Crippen LogP contribution in [0.1, 0.15) is 11.3 Å². The van der Waals surface area contributed by atoms with Crippen molar-refractivity contribution >= 4 is 27.6 Å². The molecule has 0 saturated heterocycles. The minimum Gasteiger partial charge on any atom is -0.480 e. The lowest BCUT2D eigenvalue weighted by Gasteiger charge is -2.07. The number of anilines is 1. The molecule has 2 N–H and O–H groups in total. The van der Waals surface area contributed by atoms with E-state index in [2.05, 4.69) is 31.6 Å². The van der Waals surface area contributed by atoms with Crippen molar-refractivity contribution in [2.75, 3.05) is 5.32 Å². The number of rotatable bonds is 5. The SMILES string of the molecule is N#Cc1ccc(NCc2cn(CC(=O)O)nn2)c(F)c1Br. The second kappa shape index (κ2) is 6.32. The van der Waals surface area contributed by atoms with Gasteiger partial charge in [0.15, 0.2) is 5.82 Å². The average molecular weight is 354 g/mol. The Hall–Kier alpha value is -2.47. The topological polar surface area (TPSA) is 104 Å². The van der Waals surface area contributed by atoms with Crippen LogP contribution >= 0.6 is 15.9 Å². The van der Waals surface area contributed by atoms with Crippen molar-refractivity contribution in [1.82, 2.24) is 15.0 Å². The molecule has 9 heteroatoms. The molecule has 1 aromatic heterocycles. The summed E-state index contributed by atoms with van der Waals surface area (Å²) < 4.78 is 15.2. The Bertz CT molecular complexity index is 725. The number of halogens is 2. The fraction of sp³-hybridized carbons (Fsp3) is 0.167. The number of hydrogen-bond donors (Lipinski definition) is 2. The molecule has 0 atom stereocenters. The fourth-order valence-electron chi connectivity index (χ4n) is 1.59. The van der Waals surface area contributed by atoms with Crippen LogP contribution in [0.3, 0.4) is 0 Å². The lowest BCUT2D eigenvalue weighted by molar-refractivity contribution is -0.137. The van der Waals surface area contributed by atoms with Gasteiger partial charge in [-0.25, -0.2) is 9.07 Å². The van der Waals surface area contributed by atoms with Gasteiger partial charge in [0.1, 0.15) is 18.3 Å². The van der Waals surface area contributed by atoms with Gasteiger partial charge < -0.3 is 10.4 Å². The minimum absolute atomic E-state index is 0.0875. The Kier molecular flexibility index (Phi) is 4.49. The second-order valence-corrected chi connectivity index (χ2v) is 4.85. The summed E-state index contributed by atoms with van der Waals surface area (Å²) in [5.41, 5.74) is 0.871. The Labute approximate surface area is 127 Å². The third-order valence-corrected chi connectivity index (χ3v) is 3.32. The van der Waals surface area contributed by atoms with E-state index in [0.717, 1.165) is 0 Å². The van der Waals surface area contributed by atoms with Crippen molar-refractivity contribution in [1.29, 1.82) is 5.26 Å². The summed E-state index contributed by atoms with van der Waals surface area (Å²) in [5.74, 6) is -1.60. The van der Waals surface area contributed by atoms with Crippen LogP contribution in [-0.4, -0.2) is 26.1 Å². The normalized spacial score (nSPS) is 10.1. The number of benzene rings is 1. The number of carbonyl (C=O) groups is 1. The van der Waals surface area contributed by atoms with E-state index in [4.69, 9.17) is 10.4 Å². The molecule has 0 radical (unpaired) electrons. The summed E-state index contributed by atoms with van der Waals surface area (Å²) in [6, 6.07) is 4.79. The fourth-order valence-corrected chi connectivity index (χ4v) is 2.03. The number of aromatic nitrogens is 3. The first-order valence-corrected chi connectivity index (χ1v) is 6.53. The van der Waals surface area contributed by atoms with Crippen LogP contribution in [0.15, 0.2) is 22.8 Å². The smallest absolute Gasteiger partial charge is 0.325 e. The summed E-state index contributed by atoms with van der Waals surface area (Å²) in [6.07, 6.45) is 1.46. The molecule has 0 amide bonds. The van der Waals surface area contributed by atoms with Crippen molar-refractivity contribution in [2.24, 2.45) is 0 Å². The maximum absolute atomic E-state index is 13.9. The predicted molar refractivity (Wildman–Crippen MR) is 73.8 cm³/mol. The maximum atomic E-state index is 13.9. The molecular formula is C12H9BrFN5O2. The first-order valence-electron chi connectivity index (χ1n) is 5.74. The van der Waals surface area contributed by atoms with Gasteiger partial charge in [-0.3, -0.25) is 4.79 Å². The van der Waals surface area contributed by atoms with E-state index in [-0.39, 0.29) is 28.8 Å². The largest absolute Gasteiger partial charge is 0.480 e. The number of nitrogens with one attached hydrogen (secondary N) is 1. The molecule has 0 aliphatic carbocycles. The minimum atomic E-state index is -1.03. The number of aliphatic carboxylic acids is 1. The summed E-state index contributed by atoms with van der Waals surface area (Å²) in [7, 11) is 0. The van der Waals surface area contributed by atoms with Gasteiger partial charge in [0.25, 0.3) is 0 Å². The highest BCUT2D eigenvalue weighted by Gasteiger charge is 2.11. The standard InChI is InChI=1S/C12H9BrFN5O2/c13-11-7(3-15)1-2-9(12(11)14)16-4-8-5-19(18-17-8)6-10(20)21/h1-2,5,16H,4,6H2,(H,20,21). The molecule has 1 aromatic carbocycles. The van der Waals surface area contributed by atoms with E-state index in [1.54, 1.807) is 0 Å². The highest BCUT2D eigenvalue weighted by atomic mass is 79.9. The first-order chi connectivity index (χ1) is 10.0. The van der Waals surface area contributed by atoms with Gasteiger partial charge >= 0.3 is 5.97 Å². The number of nitrogens with zero attached hydrogens (tertiary/aromatic N) is 4. The Morgan fingerprint density at radius 1 is 1.57 bits per heavy atom. The molecule has 7 nitrogen and oxygen atoms in total. The van der Waals surface area contributed by atoms with Crippen LogP contribution in [-0.2, 0) is 17.9 Å². The molecule has 0 bridgehead atoms. The molecule has 1 heterocycles. The molecule has 0 aliphatic rings. The lowest BCUT2D eigenvalue weighted by atomic mass is 10.2. The monoisotopic (exact) mass is 353 g/mol. The van der Waals surface area contributed by atoms with Gasteiger partial charge in [0.2, 0.25) is 0 Å². The third kappa shape index (κ3) is 3.55. The quantitative estimate of drug-likeness (QED) is 0.848. The molecule has 0 spiro atoms. The average Bonchev–Trinajstić information content (AvgIpc) is 2.87. The van der Waals surface area contributed by atoms with Crippen LogP contribution in [0.25, 0.3) is 0 Å². The molecule has 21 heavy (non-hydrogen) atoms. The second-order valence-electron chi connectivity index (χ2n) is 4.06. The van der Waals surface area contributed by atoms with Crippen LogP contribution in [0, 0.1) is 17.1 Å². The van der Waals surface area contributed by atoms with Crippen LogP contribution < -0.4 is 5.32 Å². The Balaban J connectivity index is 2.07. The molecule has 0 fully saturated rings. The Morgan fingerprint density at radius 3 is 3.00 bits per heavy atom. The highest BCUT2D eigenvalue weighted by Crippen LogP contribution is 2.26. The van der Waals surface area contributed by atoms with Crippen molar-refractivity contribution < 1.29 is 14.3 Å². The molecule has 2 aromatic rings. The predicted octanol–water partition coefficient (Wildman–Crippen LogP) is 1.75. The van der Waals surface area contributed by atoms with Gasteiger partial charge in [-0.1, -0.05) is 5.21 Å². The van der Waals surface area contributed by atoms with Crippen molar-refractivity contribution in [2.45, 2.75) is 13.1 Å². The van der Waals surface area contributed by atoms with E-state index in [0.29, 0.717) is 5.69 Å². The lowest BCUT2D eigenvalue weighted by Crippen LogP contribution is -2.09. The van der Waals surface area contributed by atoms with Crippen LogP contribution in [0.4, 0.5) is 10.1 Å². The molecule has 0 saturated carbocycles. The molecule has 0 aliphatic heterocycles. The summed E-state index contributed by atoms with van der Waals surface area (Å²) in [6.45, 7) is -0.112. The number of carboxylic acids is 1. The van der Waals surface area contributed by atoms with E-state index >= 15 is 0 Å². The maximum Gasteiger partial charge on any atom is 0.325 e. The van der Waals surface area contributed by atoms with Crippen molar-refractivity contribution in [3.63, 3.8) is 0 Å². The van der Waals surface area contributed by atoms with Crippen molar-refractivity contribution in [3.05, 3.63) is 39.9 Å². The molecular weight excluding hydrogens is 345 g/mol. The molecule has 108 valence electrons. The summed E-state index contributed by atoms with van der Waals surface area (Å²) >= 11 is 3.01. The van der Waals surface area contributed by atoms with Gasteiger partial charge in [-0.05, 0) is 28.1 Å². The van der Waals surface area contributed by atoms with E-state index in [9.17, 15) is 9.18 Å². The van der Waals surface area contributed by atoms with Gasteiger partial charge in [0, 0.05) is 0 Å². The number of hydrogen-bond acceptors (Lipinski definition) is 5. The third-order valence-electron chi connectivity index (χ3n) is 2.55. The zero-order chi connectivity index (χ0) is 15.4. The summed E-state index contributed by atoms with van der Waals surface area (Å²) in [4.78, 5) is 10.5. The zero-order valence-corrected chi connectivity index (χ0v) is 12.1. The Morgan fingerprint density at radius 2 is 2.33 bits per heavy atom. The van der Waals surface area contributed by atoms with E-state index in [1.165, 1.54) is 23.0 Å². The van der Waals surface area contributed by atoms with Gasteiger partial charge in [-0.15, -0.1) is 5.10 Å². The van der Waals surface area contributed by atoms with E-state index < -0.39 is 11.8 Å². The van der Waals surface area contributed by atoms with Crippen LogP contribution in [0.5, 0.6) is 0 Å². The molecule has 2 rings (SSSR count). The summed E-state index contributed by atoms with van der Waals surface area (Å²) in [5, 5.41) is 27.6. The number of carboxylic acid groups (broad SMARTS) is 1. The first kappa shape index (κ1) is 14.9. The van der Waals surface area contributed by atoms with Gasteiger partial charge in [-0.2, -0.15) is 5.26 Å². The van der Waals surface area contributed by atoms with Gasteiger partial charge in [0.05, 0.1) is 28.5 Å².